The second kappa shape index (κ2) is 5.22. The maximum atomic E-state index is 11.2. The minimum atomic E-state index is -1.15. The molecule has 9 heteroatoms. The van der Waals surface area contributed by atoms with E-state index in [-0.39, 0.29) is 23.9 Å². The molecule has 100 valence electrons. The van der Waals surface area contributed by atoms with Crippen molar-refractivity contribution in [2.24, 2.45) is 0 Å². The molecule has 0 atom stereocenters. The Bertz CT molecular complexity index is 654. The van der Waals surface area contributed by atoms with E-state index in [4.69, 9.17) is 5.11 Å². The molecule has 0 unspecified atom stereocenters. The summed E-state index contributed by atoms with van der Waals surface area (Å²) in [5.41, 5.74) is 0.217. The Morgan fingerprint density at radius 1 is 1.53 bits per heavy atom. The molecule has 19 heavy (non-hydrogen) atoms. The molecule has 0 bridgehead atoms. The number of carbonyl (C=O) groups is 2. The zero-order valence-corrected chi connectivity index (χ0v) is 11.3. The average Bonchev–Trinajstić information content (AvgIpc) is 2.73. The molecule has 2 aromatic heterocycles. The summed E-state index contributed by atoms with van der Waals surface area (Å²) in [6.45, 7) is 1.87. The number of hydrogen-bond donors (Lipinski definition) is 2. The first kappa shape index (κ1) is 13.3. The van der Waals surface area contributed by atoms with Gasteiger partial charge in [0, 0.05) is 0 Å². The summed E-state index contributed by atoms with van der Waals surface area (Å²) in [4.78, 5) is 26.3. The number of ether oxygens (including phenoxy) is 1. The third kappa shape index (κ3) is 2.65. The predicted octanol–water partition coefficient (Wildman–Crippen LogP) is 1.76. The molecule has 0 aliphatic rings. The lowest BCUT2D eigenvalue weighted by molar-refractivity contribution is 0.0687. The fraction of sp³-hybridized carbons (Fsp3) is 0.200. The van der Waals surface area contributed by atoms with E-state index >= 15 is 0 Å². The monoisotopic (exact) mass is 328 g/mol. The van der Waals surface area contributed by atoms with Crippen LogP contribution in [0.15, 0.2) is 16.6 Å². The van der Waals surface area contributed by atoms with Gasteiger partial charge in [-0.3, -0.25) is 5.32 Å². The molecule has 0 radical (unpaired) electrons. The largest absolute Gasteiger partial charge is 0.477 e. The molecule has 0 spiro atoms. The van der Waals surface area contributed by atoms with Crippen LogP contribution in [0.5, 0.6) is 0 Å². The van der Waals surface area contributed by atoms with E-state index in [0.717, 1.165) is 4.52 Å². The minimum Gasteiger partial charge on any atom is -0.477 e. The van der Waals surface area contributed by atoms with Crippen LogP contribution in [0.25, 0.3) is 5.65 Å². The molecule has 2 aromatic rings. The SMILES string of the molecule is CCOC(=O)Nc1nc2c(Br)ccc(C(=O)O)n2n1. The lowest BCUT2D eigenvalue weighted by Crippen LogP contribution is -2.14. The topological polar surface area (TPSA) is 106 Å². The molecule has 2 N–H and O–H groups in total. The number of fused-ring (bicyclic) bond motifs is 1. The molecule has 8 nitrogen and oxygen atoms in total. The number of anilines is 1. The second-order valence-corrected chi connectivity index (χ2v) is 4.24. The standard InChI is InChI=1S/C10H9BrN4O4/c1-2-19-10(18)13-9-12-7-5(11)3-4-6(8(16)17)15(7)14-9/h3-4H,2H2,1H3,(H,16,17)(H,13,14,18). The quantitative estimate of drug-likeness (QED) is 0.889. The molecule has 1 amide bonds. The van der Waals surface area contributed by atoms with Crippen molar-refractivity contribution in [2.45, 2.75) is 6.92 Å². The summed E-state index contributed by atoms with van der Waals surface area (Å²) < 4.78 is 6.36. The Labute approximate surface area is 115 Å². The number of rotatable bonds is 3. The number of carboxylic acid groups (broad SMARTS) is 1. The van der Waals surface area contributed by atoms with Crippen molar-refractivity contribution in [2.75, 3.05) is 11.9 Å². The van der Waals surface area contributed by atoms with Gasteiger partial charge in [0.2, 0.25) is 0 Å². The van der Waals surface area contributed by atoms with Crippen LogP contribution >= 0.6 is 15.9 Å². The first-order chi connectivity index (χ1) is 9.02. The van der Waals surface area contributed by atoms with E-state index in [1.165, 1.54) is 6.07 Å². The number of halogens is 1. The Morgan fingerprint density at radius 3 is 2.89 bits per heavy atom. The molecular weight excluding hydrogens is 320 g/mol. The van der Waals surface area contributed by atoms with Crippen molar-refractivity contribution in [3.05, 3.63) is 22.3 Å². The molecule has 0 saturated carbocycles. The van der Waals surface area contributed by atoms with Crippen molar-refractivity contribution >= 4 is 39.6 Å². The van der Waals surface area contributed by atoms with Gasteiger partial charge in [-0.25, -0.2) is 14.1 Å². The molecule has 2 heterocycles. The first-order valence-corrected chi connectivity index (χ1v) is 6.04. The molecule has 0 saturated heterocycles. The van der Waals surface area contributed by atoms with E-state index in [9.17, 15) is 9.59 Å². The lowest BCUT2D eigenvalue weighted by atomic mass is 10.3. The van der Waals surface area contributed by atoms with Crippen LogP contribution in [0.4, 0.5) is 10.7 Å². The number of amides is 1. The Kier molecular flexibility index (Phi) is 3.65. The highest BCUT2D eigenvalue weighted by atomic mass is 79.9. The number of nitrogens with zero attached hydrogens (tertiary/aromatic N) is 3. The summed E-state index contributed by atoms with van der Waals surface area (Å²) in [6.07, 6.45) is -0.702. The van der Waals surface area contributed by atoms with Gasteiger partial charge < -0.3 is 9.84 Å². The minimum absolute atomic E-state index is 0.0344. The normalized spacial score (nSPS) is 10.4. The zero-order valence-electron chi connectivity index (χ0n) is 9.75. The third-order valence-corrected chi connectivity index (χ3v) is 2.76. The smallest absolute Gasteiger partial charge is 0.414 e. The Morgan fingerprint density at radius 2 is 2.26 bits per heavy atom. The maximum Gasteiger partial charge on any atom is 0.414 e. The van der Waals surface area contributed by atoms with Gasteiger partial charge in [-0.05, 0) is 35.0 Å². The number of aromatic nitrogens is 3. The fourth-order valence-corrected chi connectivity index (χ4v) is 1.79. The van der Waals surface area contributed by atoms with Crippen molar-refractivity contribution in [3.63, 3.8) is 0 Å². The van der Waals surface area contributed by atoms with E-state index in [1.807, 2.05) is 0 Å². The van der Waals surface area contributed by atoms with E-state index < -0.39 is 12.1 Å². The summed E-state index contributed by atoms with van der Waals surface area (Å²) in [5.74, 6) is -1.18. The maximum absolute atomic E-state index is 11.2. The van der Waals surface area contributed by atoms with Crippen LogP contribution in [0.3, 0.4) is 0 Å². The van der Waals surface area contributed by atoms with Crippen LogP contribution in [0.2, 0.25) is 0 Å². The number of carboxylic acids is 1. The Hall–Kier alpha value is -2.16. The zero-order chi connectivity index (χ0) is 14.0. The number of hydrogen-bond acceptors (Lipinski definition) is 5. The molecule has 0 aromatic carbocycles. The first-order valence-electron chi connectivity index (χ1n) is 5.25. The van der Waals surface area contributed by atoms with Gasteiger partial charge in [-0.2, -0.15) is 4.98 Å². The summed E-state index contributed by atoms with van der Waals surface area (Å²) in [6, 6.07) is 2.92. The van der Waals surface area contributed by atoms with Crippen LogP contribution in [-0.2, 0) is 4.74 Å². The molecule has 2 rings (SSSR count). The van der Waals surface area contributed by atoms with Crippen molar-refractivity contribution in [3.8, 4) is 0 Å². The number of nitrogens with one attached hydrogen (secondary N) is 1. The number of carbonyl (C=O) groups excluding carboxylic acids is 1. The van der Waals surface area contributed by atoms with Gasteiger partial charge in [0.1, 0.15) is 0 Å². The predicted molar refractivity (Wildman–Crippen MR) is 68.3 cm³/mol. The van der Waals surface area contributed by atoms with Crippen LogP contribution in [0, 0.1) is 0 Å². The third-order valence-electron chi connectivity index (χ3n) is 2.14. The highest BCUT2D eigenvalue weighted by Crippen LogP contribution is 2.19. The van der Waals surface area contributed by atoms with Crippen molar-refractivity contribution in [1.29, 1.82) is 0 Å². The van der Waals surface area contributed by atoms with Crippen LogP contribution in [-0.4, -0.2) is 38.4 Å². The van der Waals surface area contributed by atoms with Gasteiger partial charge in [0.05, 0.1) is 11.1 Å². The summed E-state index contributed by atoms with van der Waals surface area (Å²) in [7, 11) is 0. The fourth-order valence-electron chi connectivity index (χ4n) is 1.41. The lowest BCUT2D eigenvalue weighted by Gasteiger charge is -1.99. The highest BCUT2D eigenvalue weighted by Gasteiger charge is 2.16. The molecule has 0 aliphatic heterocycles. The van der Waals surface area contributed by atoms with Gasteiger partial charge in [0.25, 0.3) is 5.95 Å². The number of aromatic carboxylic acids is 1. The molecule has 0 aliphatic carbocycles. The van der Waals surface area contributed by atoms with Gasteiger partial charge in [-0.15, -0.1) is 5.10 Å². The van der Waals surface area contributed by atoms with Gasteiger partial charge >= 0.3 is 12.1 Å². The summed E-state index contributed by atoms with van der Waals surface area (Å²) in [5, 5.41) is 15.2. The second-order valence-electron chi connectivity index (χ2n) is 3.39. The molecular formula is C10H9BrN4O4. The average molecular weight is 329 g/mol. The van der Waals surface area contributed by atoms with Crippen molar-refractivity contribution < 1.29 is 19.4 Å². The van der Waals surface area contributed by atoms with Gasteiger partial charge in [-0.1, -0.05) is 0 Å². The van der Waals surface area contributed by atoms with E-state index in [2.05, 4.69) is 36.1 Å². The highest BCUT2D eigenvalue weighted by molar-refractivity contribution is 9.10. The molecule has 0 fully saturated rings. The Balaban J connectivity index is 2.44. The van der Waals surface area contributed by atoms with E-state index in [0.29, 0.717) is 4.47 Å². The van der Waals surface area contributed by atoms with Gasteiger partial charge in [0.15, 0.2) is 11.3 Å². The van der Waals surface area contributed by atoms with Crippen molar-refractivity contribution in [1.82, 2.24) is 14.6 Å². The van der Waals surface area contributed by atoms with Crippen LogP contribution < -0.4 is 5.32 Å². The summed E-state index contributed by atoms with van der Waals surface area (Å²) >= 11 is 3.23. The number of pyridine rings is 1. The van der Waals surface area contributed by atoms with E-state index in [1.54, 1.807) is 13.0 Å². The van der Waals surface area contributed by atoms with Crippen LogP contribution in [0.1, 0.15) is 17.4 Å².